The molecule has 0 aromatic carbocycles. The number of piperidine rings is 1. The van der Waals surface area contributed by atoms with E-state index in [9.17, 15) is 9.59 Å². The summed E-state index contributed by atoms with van der Waals surface area (Å²) in [5.74, 6) is 1.83. The zero-order valence-corrected chi connectivity index (χ0v) is 19.4. The second-order valence-corrected chi connectivity index (χ2v) is 10.6. The number of nitrogens with zero attached hydrogens (tertiary/aromatic N) is 3. The van der Waals surface area contributed by atoms with Crippen LogP contribution in [0, 0.1) is 5.92 Å². The van der Waals surface area contributed by atoms with Crippen molar-refractivity contribution in [2.45, 2.75) is 57.1 Å². The van der Waals surface area contributed by atoms with Gasteiger partial charge >= 0.3 is 0 Å². The first kappa shape index (κ1) is 20.8. The number of carbonyl (C=O) groups excluding carboxylic acids is 1. The fraction of sp³-hybridized carbons (Fsp3) is 0.522. The molecule has 1 fully saturated rings. The van der Waals surface area contributed by atoms with Gasteiger partial charge in [-0.15, -0.1) is 11.3 Å². The molecule has 0 unspecified atom stereocenters. The second-order valence-electron chi connectivity index (χ2n) is 8.61. The summed E-state index contributed by atoms with van der Waals surface area (Å²) in [6.45, 7) is 4.22. The Labute approximate surface area is 189 Å². The number of hydrogen-bond donors (Lipinski definition) is 0. The van der Waals surface area contributed by atoms with E-state index in [0.717, 1.165) is 55.4 Å². The van der Waals surface area contributed by atoms with E-state index in [4.69, 9.17) is 9.40 Å². The van der Waals surface area contributed by atoms with Crippen molar-refractivity contribution in [1.82, 2.24) is 14.5 Å². The van der Waals surface area contributed by atoms with Gasteiger partial charge in [-0.2, -0.15) is 0 Å². The summed E-state index contributed by atoms with van der Waals surface area (Å²) in [4.78, 5) is 35.3. The number of thioether (sulfide) groups is 1. The molecule has 0 N–H and O–H groups in total. The van der Waals surface area contributed by atoms with Gasteiger partial charge in [0.15, 0.2) is 5.16 Å². The first-order valence-electron chi connectivity index (χ1n) is 11.1. The predicted octanol–water partition coefficient (Wildman–Crippen LogP) is 4.33. The van der Waals surface area contributed by atoms with E-state index in [-0.39, 0.29) is 11.5 Å². The van der Waals surface area contributed by atoms with Crippen molar-refractivity contribution in [3.63, 3.8) is 0 Å². The molecule has 1 aliphatic heterocycles. The maximum absolute atomic E-state index is 13.6. The molecular formula is C23H27N3O3S2. The highest BCUT2D eigenvalue weighted by molar-refractivity contribution is 7.99. The lowest BCUT2D eigenvalue weighted by Crippen LogP contribution is -2.39. The van der Waals surface area contributed by atoms with Crippen LogP contribution in [0.25, 0.3) is 10.2 Å². The van der Waals surface area contributed by atoms with Gasteiger partial charge in [0.25, 0.3) is 5.56 Å². The summed E-state index contributed by atoms with van der Waals surface area (Å²) >= 11 is 3.02. The minimum absolute atomic E-state index is 0.0115. The smallest absolute Gasteiger partial charge is 0.263 e. The van der Waals surface area contributed by atoms with Crippen LogP contribution in [0.2, 0.25) is 0 Å². The molecule has 1 amide bonds. The zero-order chi connectivity index (χ0) is 21.4. The first-order chi connectivity index (χ1) is 15.1. The number of fused-ring (bicyclic) bond motifs is 3. The van der Waals surface area contributed by atoms with Gasteiger partial charge in [0.2, 0.25) is 5.91 Å². The van der Waals surface area contributed by atoms with Gasteiger partial charge < -0.3 is 9.32 Å². The minimum Gasteiger partial charge on any atom is -0.467 e. The van der Waals surface area contributed by atoms with Gasteiger partial charge in [-0.3, -0.25) is 14.2 Å². The number of aromatic nitrogens is 2. The Hall–Kier alpha value is -2.06. The van der Waals surface area contributed by atoms with Gasteiger partial charge in [-0.1, -0.05) is 18.7 Å². The molecule has 3 aromatic rings. The lowest BCUT2D eigenvalue weighted by atomic mass is 9.97. The van der Waals surface area contributed by atoms with Crippen molar-refractivity contribution < 1.29 is 9.21 Å². The van der Waals surface area contributed by atoms with E-state index in [1.807, 2.05) is 17.0 Å². The van der Waals surface area contributed by atoms with Gasteiger partial charge in [0.1, 0.15) is 10.6 Å². The molecule has 0 atom stereocenters. The van der Waals surface area contributed by atoms with Crippen molar-refractivity contribution in [3.05, 3.63) is 45.0 Å². The Morgan fingerprint density at radius 3 is 2.87 bits per heavy atom. The molecule has 1 saturated heterocycles. The summed E-state index contributed by atoms with van der Waals surface area (Å²) in [6.07, 6.45) is 8.01. The van der Waals surface area contributed by atoms with Gasteiger partial charge in [0.05, 0.1) is 23.9 Å². The molecular weight excluding hydrogens is 430 g/mol. The maximum Gasteiger partial charge on any atom is 0.263 e. The summed E-state index contributed by atoms with van der Waals surface area (Å²) < 4.78 is 7.21. The van der Waals surface area contributed by atoms with Crippen LogP contribution in [-0.4, -0.2) is 39.2 Å². The Kier molecular flexibility index (Phi) is 5.93. The Balaban J connectivity index is 1.47. The molecule has 6 nitrogen and oxygen atoms in total. The van der Waals surface area contributed by atoms with Crippen molar-refractivity contribution in [3.8, 4) is 0 Å². The highest BCUT2D eigenvalue weighted by Gasteiger charge is 2.24. The average Bonchev–Trinajstić information content (AvgIpc) is 3.42. The topological polar surface area (TPSA) is 68.3 Å². The fourth-order valence-corrected chi connectivity index (χ4v) is 6.71. The van der Waals surface area contributed by atoms with Crippen LogP contribution in [0.15, 0.2) is 32.8 Å². The van der Waals surface area contributed by atoms with E-state index in [1.165, 1.54) is 28.6 Å². The van der Waals surface area contributed by atoms with E-state index in [2.05, 4.69) is 6.92 Å². The average molecular weight is 458 g/mol. The van der Waals surface area contributed by atoms with Crippen molar-refractivity contribution in [2.24, 2.45) is 5.92 Å². The van der Waals surface area contributed by atoms with Gasteiger partial charge in [-0.25, -0.2) is 4.98 Å². The molecule has 31 heavy (non-hydrogen) atoms. The van der Waals surface area contributed by atoms with Crippen LogP contribution >= 0.6 is 23.1 Å². The Bertz CT molecular complexity index is 1140. The summed E-state index contributed by atoms with van der Waals surface area (Å²) in [7, 11) is 0. The standard InChI is InChI=1S/C23H27N3O3S2/c1-15-8-10-25(11-9-15)19(27)14-30-23-24-21-20(17-6-2-3-7-18(17)31-21)22(28)26(23)13-16-5-4-12-29-16/h4-5,12,15H,2-3,6-11,13-14H2,1H3. The van der Waals surface area contributed by atoms with Crippen molar-refractivity contribution >= 4 is 39.2 Å². The molecule has 0 spiro atoms. The molecule has 3 aromatic heterocycles. The monoisotopic (exact) mass is 457 g/mol. The number of likely N-dealkylation sites (tertiary alicyclic amines) is 1. The van der Waals surface area contributed by atoms with E-state index < -0.39 is 0 Å². The SMILES string of the molecule is CC1CCN(C(=O)CSc2nc3sc4c(c3c(=O)n2Cc2ccco2)CCCC4)CC1. The van der Waals surface area contributed by atoms with Crippen LogP contribution in [0.3, 0.4) is 0 Å². The number of carbonyl (C=O) groups is 1. The largest absolute Gasteiger partial charge is 0.467 e. The molecule has 4 heterocycles. The molecule has 2 aliphatic rings. The van der Waals surface area contributed by atoms with Crippen LogP contribution in [0.4, 0.5) is 0 Å². The Morgan fingerprint density at radius 2 is 2.10 bits per heavy atom. The number of amides is 1. The van der Waals surface area contributed by atoms with Crippen LogP contribution in [-0.2, 0) is 24.2 Å². The third-order valence-corrected chi connectivity index (χ3v) is 8.54. The zero-order valence-electron chi connectivity index (χ0n) is 17.8. The number of thiophene rings is 1. The molecule has 0 radical (unpaired) electrons. The molecule has 0 saturated carbocycles. The first-order valence-corrected chi connectivity index (χ1v) is 12.9. The molecule has 0 bridgehead atoms. The summed E-state index contributed by atoms with van der Waals surface area (Å²) in [5, 5.41) is 1.37. The van der Waals surface area contributed by atoms with Gasteiger partial charge in [-0.05, 0) is 62.1 Å². The molecule has 8 heteroatoms. The number of hydrogen-bond acceptors (Lipinski definition) is 6. The molecule has 1 aliphatic carbocycles. The lowest BCUT2D eigenvalue weighted by Gasteiger charge is -2.30. The minimum atomic E-state index is -0.0115. The highest BCUT2D eigenvalue weighted by atomic mass is 32.2. The third kappa shape index (κ3) is 4.20. The third-order valence-electron chi connectivity index (χ3n) is 6.39. The number of rotatable bonds is 5. The normalized spacial score (nSPS) is 17.3. The van der Waals surface area contributed by atoms with Crippen molar-refractivity contribution in [2.75, 3.05) is 18.8 Å². The van der Waals surface area contributed by atoms with Crippen LogP contribution in [0.1, 0.15) is 48.8 Å². The van der Waals surface area contributed by atoms with E-state index in [0.29, 0.717) is 29.1 Å². The quantitative estimate of drug-likeness (QED) is 0.421. The molecule has 5 rings (SSSR count). The fourth-order valence-electron chi connectivity index (χ4n) is 4.50. The predicted molar refractivity (Wildman–Crippen MR) is 124 cm³/mol. The van der Waals surface area contributed by atoms with Crippen LogP contribution in [0.5, 0.6) is 0 Å². The number of furan rings is 1. The summed E-state index contributed by atoms with van der Waals surface area (Å²) in [5.41, 5.74) is 1.18. The van der Waals surface area contributed by atoms with Gasteiger partial charge in [0, 0.05) is 18.0 Å². The second kappa shape index (κ2) is 8.82. The highest BCUT2D eigenvalue weighted by Crippen LogP contribution is 2.35. The Morgan fingerprint density at radius 1 is 1.29 bits per heavy atom. The van der Waals surface area contributed by atoms with E-state index >= 15 is 0 Å². The number of aryl methyl sites for hydroxylation is 2. The summed E-state index contributed by atoms with van der Waals surface area (Å²) in [6, 6.07) is 3.70. The van der Waals surface area contributed by atoms with Crippen molar-refractivity contribution in [1.29, 1.82) is 0 Å². The molecule has 164 valence electrons. The lowest BCUT2D eigenvalue weighted by molar-refractivity contribution is -0.129. The maximum atomic E-state index is 13.6. The van der Waals surface area contributed by atoms with Crippen LogP contribution < -0.4 is 5.56 Å². The van der Waals surface area contributed by atoms with E-state index in [1.54, 1.807) is 22.2 Å².